The zero-order valence-electron chi connectivity index (χ0n) is 29.9. The van der Waals surface area contributed by atoms with E-state index in [0.717, 1.165) is 15.5 Å². The molecule has 3 aromatic heterocycles. The number of hydrogen-bond donors (Lipinski definition) is 1. The summed E-state index contributed by atoms with van der Waals surface area (Å²) < 4.78 is 9.22. The highest BCUT2D eigenvalue weighted by Crippen LogP contribution is 2.40. The number of amides is 4. The molecule has 0 spiro atoms. The molecule has 4 aromatic carbocycles. The highest BCUT2D eigenvalue weighted by atomic mass is 16.6. The quantitative estimate of drug-likeness (QED) is 0.132. The molecule has 16 heteroatoms. The Labute approximate surface area is 330 Å². The summed E-state index contributed by atoms with van der Waals surface area (Å²) in [6.07, 6.45) is 9.31. The number of nitrogens with two attached hydrogens (primary N) is 1. The topological polar surface area (TPSA) is 226 Å². The average Bonchev–Trinajstić information content (AvgIpc) is 3.25. The molecule has 7 aromatic rings. The first-order valence-electron chi connectivity index (χ1n) is 17.5. The number of rotatable bonds is 2. The molecule has 2 N–H and O–H groups in total. The summed E-state index contributed by atoms with van der Waals surface area (Å²) in [6, 6.07) is 21.5. The first kappa shape index (κ1) is 35.9. The summed E-state index contributed by atoms with van der Waals surface area (Å²) in [5, 5.41) is 1.20. The van der Waals surface area contributed by atoms with Crippen LogP contribution in [0.15, 0.2) is 122 Å². The molecule has 4 amide bonds. The van der Waals surface area contributed by atoms with E-state index in [9.17, 15) is 38.4 Å². The number of pyridine rings is 3. The van der Waals surface area contributed by atoms with Crippen molar-refractivity contribution in [2.45, 2.75) is 0 Å². The normalized spacial score (nSPS) is 14.6. The van der Waals surface area contributed by atoms with Gasteiger partial charge in [-0.3, -0.25) is 34.1 Å². The van der Waals surface area contributed by atoms with Crippen molar-refractivity contribution in [1.29, 1.82) is 0 Å². The maximum absolute atomic E-state index is 13.3. The number of esters is 4. The molecular formula is C43H22N6O10. The van der Waals surface area contributed by atoms with Crippen molar-refractivity contribution in [2.75, 3.05) is 15.5 Å². The average molecular weight is 783 g/mol. The predicted octanol–water partition coefficient (Wildman–Crippen LogP) is 5.36. The molecule has 0 aliphatic carbocycles. The third kappa shape index (κ3) is 5.66. The molecule has 0 unspecified atom stereocenters. The van der Waals surface area contributed by atoms with E-state index in [2.05, 4.69) is 24.4 Å². The standard InChI is InChI=1S/C24H12N4O4.C14H4O6.C5H6N2/c29-21-15-1-2-16-20-18(24(32)28(22(16)30)14-7-11-26-12-8-14)4-3-17(19(15)20)23(31)27(21)13-5-9-25-10-6-13;15-11-5-1-2-6-10-8(14(18)20-12(6)16)4-3-7(9(5)10)13(17)19-11;6-5-1-3-7-4-2-5/h1-12H;1-4H;1-4H,(H2,6,7). The van der Waals surface area contributed by atoms with E-state index in [4.69, 9.17) is 5.73 Å². The van der Waals surface area contributed by atoms with Crippen LogP contribution in [-0.2, 0) is 9.47 Å². The molecule has 7 heterocycles. The van der Waals surface area contributed by atoms with Gasteiger partial charge in [0, 0.05) is 86.7 Å². The van der Waals surface area contributed by atoms with Crippen LogP contribution in [0, 0.1) is 0 Å². The van der Waals surface area contributed by atoms with E-state index in [0.29, 0.717) is 22.1 Å². The monoisotopic (exact) mass is 782 g/mol. The number of nitrogens with zero attached hydrogens (tertiary/aromatic N) is 5. The van der Waals surface area contributed by atoms with Crippen molar-refractivity contribution in [3.8, 4) is 0 Å². The second-order valence-electron chi connectivity index (χ2n) is 13.1. The SMILES string of the molecule is Nc1ccncc1.O=C1OC(=O)c2ccc3c4c(ccc1c24)C(=O)OC3=O.O=C1c2ccc3c4c(ccc(c24)C(=O)N1c1ccncc1)C(=O)N(c1ccncc1)C3=O. The van der Waals surface area contributed by atoms with Gasteiger partial charge in [0.05, 0.1) is 33.6 Å². The zero-order valence-corrected chi connectivity index (χ0v) is 29.9. The Morgan fingerprint density at radius 3 is 0.831 bits per heavy atom. The number of ether oxygens (including phenoxy) is 2. The Balaban J connectivity index is 0.000000140. The van der Waals surface area contributed by atoms with Crippen molar-refractivity contribution < 1.29 is 47.8 Å². The third-order valence-electron chi connectivity index (χ3n) is 9.85. The van der Waals surface area contributed by atoms with E-state index in [1.165, 1.54) is 73.3 Å². The number of carbonyl (C=O) groups excluding carboxylic acids is 8. The molecule has 0 radical (unpaired) electrons. The van der Waals surface area contributed by atoms with E-state index in [-0.39, 0.29) is 55.3 Å². The molecule has 4 aliphatic rings. The van der Waals surface area contributed by atoms with Gasteiger partial charge in [-0.15, -0.1) is 0 Å². The lowest BCUT2D eigenvalue weighted by molar-refractivity contribution is 0.0366. The number of imide groups is 2. The van der Waals surface area contributed by atoms with Crippen molar-refractivity contribution in [1.82, 2.24) is 15.0 Å². The lowest BCUT2D eigenvalue weighted by Crippen LogP contribution is -2.43. The number of aromatic nitrogens is 3. The summed E-state index contributed by atoms with van der Waals surface area (Å²) in [4.78, 5) is 114. The van der Waals surface area contributed by atoms with Crippen LogP contribution in [0.1, 0.15) is 82.9 Å². The van der Waals surface area contributed by atoms with Crippen LogP contribution < -0.4 is 15.5 Å². The highest BCUT2D eigenvalue weighted by Gasteiger charge is 2.41. The number of carbonyl (C=O) groups is 8. The van der Waals surface area contributed by atoms with Gasteiger partial charge in [0.15, 0.2) is 0 Å². The van der Waals surface area contributed by atoms with Crippen LogP contribution in [-0.4, -0.2) is 62.5 Å². The van der Waals surface area contributed by atoms with E-state index >= 15 is 0 Å². The van der Waals surface area contributed by atoms with Gasteiger partial charge in [-0.05, 0) is 84.9 Å². The number of anilines is 3. The maximum atomic E-state index is 13.3. The van der Waals surface area contributed by atoms with Crippen molar-refractivity contribution >= 4 is 86.1 Å². The van der Waals surface area contributed by atoms with Gasteiger partial charge in [0.2, 0.25) is 0 Å². The summed E-state index contributed by atoms with van der Waals surface area (Å²) in [5.41, 5.74) is 8.52. The second-order valence-corrected chi connectivity index (χ2v) is 13.1. The van der Waals surface area contributed by atoms with Gasteiger partial charge in [-0.1, -0.05) is 0 Å². The van der Waals surface area contributed by atoms with Crippen molar-refractivity contribution in [3.05, 3.63) is 167 Å². The molecule has 0 fully saturated rings. The van der Waals surface area contributed by atoms with E-state index in [1.807, 2.05) is 0 Å². The minimum atomic E-state index is -0.794. The summed E-state index contributed by atoms with van der Waals surface area (Å²) in [7, 11) is 0. The van der Waals surface area contributed by atoms with Crippen molar-refractivity contribution in [3.63, 3.8) is 0 Å². The largest absolute Gasteiger partial charge is 0.399 e. The molecule has 0 saturated heterocycles. The van der Waals surface area contributed by atoms with Gasteiger partial charge in [0.1, 0.15) is 0 Å². The van der Waals surface area contributed by atoms with Gasteiger partial charge in [0.25, 0.3) is 23.6 Å². The van der Waals surface area contributed by atoms with Gasteiger partial charge in [-0.2, -0.15) is 0 Å². The first-order valence-corrected chi connectivity index (χ1v) is 17.5. The Morgan fingerprint density at radius 2 is 0.576 bits per heavy atom. The Bertz CT molecular complexity index is 2740. The Hall–Kier alpha value is -8.79. The molecule has 59 heavy (non-hydrogen) atoms. The van der Waals surface area contributed by atoms with E-state index < -0.39 is 47.5 Å². The van der Waals surface area contributed by atoms with Crippen LogP contribution in [0.5, 0.6) is 0 Å². The Morgan fingerprint density at radius 1 is 0.339 bits per heavy atom. The van der Waals surface area contributed by atoms with E-state index in [1.54, 1.807) is 48.8 Å². The fourth-order valence-corrected chi connectivity index (χ4v) is 7.26. The number of nitrogen functional groups attached to an aromatic ring is 1. The van der Waals surface area contributed by atoms with Crippen LogP contribution in [0.2, 0.25) is 0 Å². The number of benzene rings is 4. The second kappa shape index (κ2) is 13.7. The molecule has 16 nitrogen and oxygen atoms in total. The predicted molar refractivity (Wildman–Crippen MR) is 207 cm³/mol. The lowest BCUT2D eigenvalue weighted by atomic mass is 9.85. The molecular weight excluding hydrogens is 761 g/mol. The molecule has 0 bridgehead atoms. The third-order valence-corrected chi connectivity index (χ3v) is 9.85. The molecule has 284 valence electrons. The molecule has 4 aliphatic heterocycles. The molecule has 0 saturated carbocycles. The fraction of sp³-hybridized carbons (Fsp3) is 0. The van der Waals surface area contributed by atoms with Crippen LogP contribution >= 0.6 is 0 Å². The van der Waals surface area contributed by atoms with Crippen LogP contribution in [0.3, 0.4) is 0 Å². The molecule has 0 atom stereocenters. The fourth-order valence-electron chi connectivity index (χ4n) is 7.26. The summed E-state index contributed by atoms with van der Waals surface area (Å²) in [5.74, 6) is -5.25. The van der Waals surface area contributed by atoms with Crippen LogP contribution in [0.25, 0.3) is 21.5 Å². The van der Waals surface area contributed by atoms with Crippen LogP contribution in [0.4, 0.5) is 17.1 Å². The van der Waals surface area contributed by atoms with Crippen molar-refractivity contribution in [2.24, 2.45) is 0 Å². The number of cyclic esters (lactones) is 4. The summed E-state index contributed by atoms with van der Waals surface area (Å²) >= 11 is 0. The smallest absolute Gasteiger partial charge is 0.346 e. The van der Waals surface area contributed by atoms with Gasteiger partial charge < -0.3 is 15.2 Å². The minimum Gasteiger partial charge on any atom is -0.399 e. The minimum absolute atomic E-state index is 0.155. The maximum Gasteiger partial charge on any atom is 0.346 e. The zero-order chi connectivity index (χ0) is 41.1. The van der Waals surface area contributed by atoms with Gasteiger partial charge in [-0.25, -0.2) is 29.0 Å². The van der Waals surface area contributed by atoms with Gasteiger partial charge >= 0.3 is 23.9 Å². The molecule has 11 rings (SSSR count). The Kier molecular flexibility index (Phi) is 8.36. The highest BCUT2D eigenvalue weighted by molar-refractivity contribution is 6.42. The summed E-state index contributed by atoms with van der Waals surface area (Å²) in [6.45, 7) is 0. The first-order chi connectivity index (χ1) is 28.5. The number of hydrogen-bond acceptors (Lipinski definition) is 14. The lowest BCUT2D eigenvalue weighted by Gasteiger charge is -2.31.